The van der Waals surface area contributed by atoms with Crippen LogP contribution in [-0.2, 0) is 17.1 Å². The second-order valence-corrected chi connectivity index (χ2v) is 3.77. The van der Waals surface area contributed by atoms with Crippen LogP contribution in [0.4, 0.5) is 13.2 Å². The molecule has 88 valence electrons. The number of hydrogen-bond acceptors (Lipinski definition) is 1. The van der Waals surface area contributed by atoms with Gasteiger partial charge in [0.05, 0.1) is 0 Å². The molecule has 0 radical (unpaired) electrons. The number of halogens is 3. The van der Waals surface area contributed by atoms with Crippen molar-refractivity contribution in [2.75, 3.05) is 0 Å². The van der Waals surface area contributed by atoms with Gasteiger partial charge in [0.15, 0.2) is 0 Å². The van der Waals surface area contributed by atoms with Crippen LogP contribution in [0, 0.1) is 0 Å². The molecule has 0 atom stereocenters. The van der Waals surface area contributed by atoms with Gasteiger partial charge in [-0.25, -0.2) is 24.3 Å². The molecule has 0 amide bonds. The van der Waals surface area contributed by atoms with Crippen molar-refractivity contribution in [3.63, 3.8) is 0 Å². The zero-order valence-electron chi connectivity index (χ0n) is 8.09. The van der Waals surface area contributed by atoms with Crippen molar-refractivity contribution in [1.29, 1.82) is 0 Å². The van der Waals surface area contributed by atoms with Gasteiger partial charge >= 0.3 is 22.6 Å². The minimum Gasteiger partial charge on any atom is -0.214 e. The SMILES string of the molecule is FC(F)(F)S[c-]1cccc1.[Fe+2].c1cc[cH-]c1. The summed E-state index contributed by atoms with van der Waals surface area (Å²) in [5.74, 6) is 0. The zero-order chi connectivity index (χ0) is 11.1. The minimum absolute atomic E-state index is 0. The van der Waals surface area contributed by atoms with E-state index in [4.69, 9.17) is 0 Å². The minimum atomic E-state index is -4.16. The first-order valence-electron chi connectivity index (χ1n) is 4.22. The van der Waals surface area contributed by atoms with E-state index in [1.807, 2.05) is 30.3 Å². The number of hydrogen-bond donors (Lipinski definition) is 0. The third-order valence-electron chi connectivity index (χ3n) is 1.42. The second kappa shape index (κ2) is 7.60. The van der Waals surface area contributed by atoms with Crippen LogP contribution in [0.2, 0.25) is 0 Å². The summed E-state index contributed by atoms with van der Waals surface area (Å²) >= 11 is -0.0926. The molecule has 0 saturated heterocycles. The molecule has 0 fully saturated rings. The average Bonchev–Trinajstić information content (AvgIpc) is 2.71. The quantitative estimate of drug-likeness (QED) is 0.425. The van der Waals surface area contributed by atoms with Gasteiger partial charge in [0.1, 0.15) is 0 Å². The predicted octanol–water partition coefficient (Wildman–Crippen LogP) is 4.42. The van der Waals surface area contributed by atoms with Crippen molar-refractivity contribution in [2.45, 2.75) is 10.4 Å². The maximum absolute atomic E-state index is 11.6. The first-order valence-corrected chi connectivity index (χ1v) is 5.04. The van der Waals surface area contributed by atoms with E-state index in [9.17, 15) is 13.2 Å². The van der Waals surface area contributed by atoms with E-state index >= 15 is 0 Å². The van der Waals surface area contributed by atoms with E-state index in [0.29, 0.717) is 0 Å². The molecule has 2 aromatic rings. The zero-order valence-corrected chi connectivity index (χ0v) is 10.0. The van der Waals surface area contributed by atoms with E-state index < -0.39 is 5.51 Å². The topological polar surface area (TPSA) is 0 Å². The van der Waals surface area contributed by atoms with Gasteiger partial charge in [-0.15, -0.1) is 0 Å². The molecule has 0 aromatic heterocycles. The summed E-state index contributed by atoms with van der Waals surface area (Å²) < 4.78 is 34.7. The molecule has 2 aromatic carbocycles. The predicted molar refractivity (Wildman–Crippen MR) is 56.0 cm³/mol. The molecule has 16 heavy (non-hydrogen) atoms. The summed E-state index contributed by atoms with van der Waals surface area (Å²) in [4.78, 5) is 0.243. The van der Waals surface area contributed by atoms with Crippen LogP contribution in [0.25, 0.3) is 0 Å². The molecular weight excluding hydrogens is 277 g/mol. The summed E-state index contributed by atoms with van der Waals surface area (Å²) in [6.07, 6.45) is 0. The van der Waals surface area contributed by atoms with Gasteiger partial charge < -0.3 is 0 Å². The Labute approximate surface area is 107 Å². The van der Waals surface area contributed by atoms with Crippen molar-refractivity contribution < 1.29 is 30.2 Å². The average molecular weight is 286 g/mol. The Hall–Kier alpha value is -0.641. The van der Waals surface area contributed by atoms with Gasteiger partial charge in [-0.2, -0.15) is 43.5 Å². The third-order valence-corrected chi connectivity index (χ3v) is 2.16. The smallest absolute Gasteiger partial charge is 0.214 e. The molecule has 0 heterocycles. The molecule has 0 nitrogen and oxygen atoms in total. The summed E-state index contributed by atoms with van der Waals surface area (Å²) in [5.41, 5.74) is -4.16. The summed E-state index contributed by atoms with van der Waals surface area (Å²) in [7, 11) is 0. The van der Waals surface area contributed by atoms with Crippen molar-refractivity contribution in [3.8, 4) is 0 Å². The van der Waals surface area contributed by atoms with Crippen molar-refractivity contribution in [1.82, 2.24) is 0 Å². The summed E-state index contributed by atoms with van der Waals surface area (Å²) in [6.45, 7) is 0. The normalized spacial score (nSPS) is 9.94. The summed E-state index contributed by atoms with van der Waals surface area (Å²) in [6, 6.07) is 16.0. The molecule has 0 aliphatic rings. The Morgan fingerprint density at radius 2 is 1.44 bits per heavy atom. The van der Waals surface area contributed by atoms with Gasteiger partial charge in [-0.3, -0.25) is 0 Å². The molecule has 5 heteroatoms. The van der Waals surface area contributed by atoms with Crippen LogP contribution in [0.1, 0.15) is 0 Å². The van der Waals surface area contributed by atoms with Crippen LogP contribution < -0.4 is 0 Å². The Kier molecular flexibility index (Phi) is 7.30. The molecular formula is C11H9F3FeS. The maximum atomic E-state index is 11.6. The third kappa shape index (κ3) is 7.63. The van der Waals surface area contributed by atoms with E-state index in [2.05, 4.69) is 0 Å². The van der Waals surface area contributed by atoms with Crippen molar-refractivity contribution in [2.24, 2.45) is 0 Å². The molecule has 0 N–H and O–H groups in total. The number of rotatable bonds is 1. The van der Waals surface area contributed by atoms with Crippen LogP contribution in [0.3, 0.4) is 0 Å². The standard InChI is InChI=1S/C6H4F3S.C5H5.Fe/c7-6(8,9)10-5-3-1-2-4-5;1-2-4-5-3-1;/h1-4H;1-5H;/q2*-1;+2. The van der Waals surface area contributed by atoms with Crippen LogP contribution >= 0.6 is 11.8 Å². The fourth-order valence-corrected chi connectivity index (χ4v) is 1.44. The number of alkyl halides is 3. The molecule has 0 aliphatic heterocycles. The van der Waals surface area contributed by atoms with E-state index in [0.717, 1.165) is 0 Å². The van der Waals surface area contributed by atoms with Crippen LogP contribution in [-0.4, -0.2) is 5.51 Å². The first-order chi connectivity index (χ1) is 7.08. The number of thioether (sulfide) groups is 1. The Morgan fingerprint density at radius 1 is 0.938 bits per heavy atom. The van der Waals surface area contributed by atoms with Gasteiger partial charge in [0.2, 0.25) is 0 Å². The van der Waals surface area contributed by atoms with Gasteiger partial charge in [0, 0.05) is 0 Å². The second-order valence-electron chi connectivity index (χ2n) is 2.63. The van der Waals surface area contributed by atoms with Crippen LogP contribution in [0.15, 0.2) is 59.5 Å². The van der Waals surface area contributed by atoms with Crippen molar-refractivity contribution >= 4 is 11.8 Å². The van der Waals surface area contributed by atoms with E-state index in [1.165, 1.54) is 12.1 Å². The molecule has 0 spiro atoms. The molecule has 0 aliphatic carbocycles. The Morgan fingerprint density at radius 3 is 1.75 bits per heavy atom. The molecule has 0 bridgehead atoms. The van der Waals surface area contributed by atoms with Gasteiger partial charge in [-0.05, 0) is 0 Å². The molecule has 2 rings (SSSR count). The van der Waals surface area contributed by atoms with E-state index in [-0.39, 0.29) is 33.7 Å². The van der Waals surface area contributed by atoms with Gasteiger partial charge in [0.25, 0.3) is 0 Å². The van der Waals surface area contributed by atoms with Gasteiger partial charge in [-0.1, -0.05) is 16.7 Å². The molecule has 0 unspecified atom stereocenters. The Balaban J connectivity index is 0.000000318. The Bertz CT molecular complexity index is 320. The first kappa shape index (κ1) is 15.4. The molecule has 0 saturated carbocycles. The largest absolute Gasteiger partial charge is 2.00 e. The monoisotopic (exact) mass is 286 g/mol. The van der Waals surface area contributed by atoms with Crippen molar-refractivity contribution in [3.05, 3.63) is 54.6 Å². The van der Waals surface area contributed by atoms with E-state index in [1.54, 1.807) is 12.1 Å². The fraction of sp³-hybridized carbons (Fsp3) is 0.0909. The maximum Gasteiger partial charge on any atom is 2.00 e. The van der Waals surface area contributed by atoms with Crippen LogP contribution in [0.5, 0.6) is 0 Å². The fourth-order valence-electron chi connectivity index (χ4n) is 0.879. The summed E-state index contributed by atoms with van der Waals surface area (Å²) in [5, 5.41) is 0.